The Bertz CT molecular complexity index is 588. The van der Waals surface area contributed by atoms with Crippen molar-refractivity contribution in [2.75, 3.05) is 12.4 Å². The van der Waals surface area contributed by atoms with E-state index >= 15 is 0 Å². The number of ether oxygens (including phenoxy) is 1. The van der Waals surface area contributed by atoms with E-state index in [1.165, 1.54) is 18.2 Å². The average Bonchev–Trinajstić information content (AvgIpc) is 2.34. The highest BCUT2D eigenvalue weighted by atomic mass is 35.7. The molecule has 112 valence electrons. The molecule has 0 heterocycles. The van der Waals surface area contributed by atoms with Crippen LogP contribution in [-0.4, -0.2) is 25.7 Å². The molecule has 0 aliphatic rings. The Balaban J connectivity index is 2.71. The Morgan fingerprint density at radius 3 is 2.55 bits per heavy atom. The van der Waals surface area contributed by atoms with Crippen LogP contribution in [0.5, 0.6) is 5.75 Å². The van der Waals surface area contributed by atoms with Gasteiger partial charge in [-0.2, -0.15) is 0 Å². The van der Waals surface area contributed by atoms with Crippen LogP contribution in [-0.2, 0) is 9.05 Å². The minimum absolute atomic E-state index is 0.00905. The van der Waals surface area contributed by atoms with Gasteiger partial charge in [-0.25, -0.2) is 8.42 Å². The second-order valence-corrected chi connectivity index (χ2v) is 7.32. The van der Waals surface area contributed by atoms with Crippen LogP contribution in [0.15, 0.2) is 18.2 Å². The summed E-state index contributed by atoms with van der Waals surface area (Å²) in [6, 6.07) is 4.27. The highest BCUT2D eigenvalue weighted by Gasteiger charge is 2.17. The molecule has 0 aliphatic heterocycles. The van der Waals surface area contributed by atoms with Crippen LogP contribution < -0.4 is 4.74 Å². The Morgan fingerprint density at radius 1 is 1.45 bits per heavy atom. The predicted octanol–water partition coefficient (Wildman–Crippen LogP) is 2.88. The summed E-state index contributed by atoms with van der Waals surface area (Å²) in [7, 11) is 1.65. The molecule has 20 heavy (non-hydrogen) atoms. The number of halogens is 1. The largest absolute Gasteiger partial charge is 0.493 e. The Hall–Kier alpha value is -1.34. The summed E-state index contributed by atoms with van der Waals surface area (Å²) in [4.78, 5) is 10.1. The van der Waals surface area contributed by atoms with Crippen molar-refractivity contribution in [1.29, 1.82) is 0 Å². The van der Waals surface area contributed by atoms with Gasteiger partial charge in [0.05, 0.1) is 17.3 Å². The number of nitro benzene ring substituents is 1. The fourth-order valence-electron chi connectivity index (χ4n) is 1.68. The molecule has 0 aliphatic carbocycles. The highest BCUT2D eigenvalue weighted by Crippen LogP contribution is 2.24. The third-order valence-electron chi connectivity index (χ3n) is 2.86. The first-order chi connectivity index (χ1) is 9.23. The third-order valence-corrected chi connectivity index (χ3v) is 4.10. The lowest BCUT2D eigenvalue weighted by molar-refractivity contribution is -0.384. The number of nitro groups is 1. The van der Waals surface area contributed by atoms with Gasteiger partial charge in [0.2, 0.25) is 9.05 Å². The maximum Gasteiger partial charge on any atom is 0.269 e. The lowest BCUT2D eigenvalue weighted by atomic mass is 10.1. The molecular weight excluding hydrogens is 306 g/mol. The lowest BCUT2D eigenvalue weighted by Crippen LogP contribution is -2.19. The van der Waals surface area contributed by atoms with Crippen molar-refractivity contribution >= 4 is 25.4 Å². The van der Waals surface area contributed by atoms with Crippen molar-refractivity contribution < 1.29 is 18.1 Å². The van der Waals surface area contributed by atoms with Gasteiger partial charge < -0.3 is 4.74 Å². The normalized spacial score (nSPS) is 12.9. The van der Waals surface area contributed by atoms with Gasteiger partial charge in [0.1, 0.15) is 5.75 Å². The zero-order valence-electron chi connectivity index (χ0n) is 11.2. The van der Waals surface area contributed by atoms with E-state index in [9.17, 15) is 18.5 Å². The Labute approximate surface area is 122 Å². The summed E-state index contributed by atoms with van der Waals surface area (Å²) in [6.45, 7) is 3.74. The molecule has 0 bridgehead atoms. The van der Waals surface area contributed by atoms with Gasteiger partial charge in [0.15, 0.2) is 0 Å². The minimum Gasteiger partial charge on any atom is -0.493 e. The molecule has 1 rings (SSSR count). The van der Waals surface area contributed by atoms with Gasteiger partial charge in [-0.05, 0) is 25.0 Å². The fourth-order valence-corrected chi connectivity index (χ4v) is 3.11. The molecule has 0 saturated heterocycles. The molecular formula is C12H16ClNO5S. The third kappa shape index (κ3) is 5.34. The van der Waals surface area contributed by atoms with Crippen LogP contribution in [0, 0.1) is 23.0 Å². The van der Waals surface area contributed by atoms with Gasteiger partial charge in [0, 0.05) is 28.7 Å². The Kier molecular flexibility index (Phi) is 5.76. The number of nitrogens with zero attached hydrogens (tertiary/aromatic N) is 1. The predicted molar refractivity (Wildman–Crippen MR) is 76.7 cm³/mol. The van der Waals surface area contributed by atoms with Crippen molar-refractivity contribution in [2.24, 2.45) is 5.92 Å². The van der Waals surface area contributed by atoms with E-state index in [1.807, 2.05) is 6.92 Å². The van der Waals surface area contributed by atoms with Crippen LogP contribution in [0.3, 0.4) is 0 Å². The summed E-state index contributed by atoms with van der Waals surface area (Å²) in [6.07, 6.45) is 0.609. The summed E-state index contributed by atoms with van der Waals surface area (Å²) >= 11 is 0. The van der Waals surface area contributed by atoms with Crippen LogP contribution in [0.2, 0.25) is 0 Å². The SMILES string of the molecule is CCC(COc1ccc([N+](=O)[O-])cc1C)CS(=O)(=O)Cl. The van der Waals surface area contributed by atoms with E-state index in [2.05, 4.69) is 0 Å². The van der Waals surface area contributed by atoms with Gasteiger partial charge in [-0.3, -0.25) is 10.1 Å². The first-order valence-corrected chi connectivity index (χ1v) is 8.51. The van der Waals surface area contributed by atoms with Crippen molar-refractivity contribution in [2.45, 2.75) is 20.3 Å². The molecule has 8 heteroatoms. The maximum atomic E-state index is 11.0. The molecule has 0 aromatic heterocycles. The number of aryl methyl sites for hydroxylation is 1. The number of rotatable bonds is 7. The highest BCUT2D eigenvalue weighted by molar-refractivity contribution is 8.13. The van der Waals surface area contributed by atoms with Crippen LogP contribution in [0.4, 0.5) is 5.69 Å². The van der Waals surface area contributed by atoms with Crippen LogP contribution in [0.25, 0.3) is 0 Å². The smallest absolute Gasteiger partial charge is 0.269 e. The maximum absolute atomic E-state index is 11.0. The zero-order valence-corrected chi connectivity index (χ0v) is 12.8. The van der Waals surface area contributed by atoms with E-state index < -0.39 is 14.0 Å². The summed E-state index contributed by atoms with van der Waals surface area (Å²) in [5.74, 6) is 0.130. The average molecular weight is 322 g/mol. The van der Waals surface area contributed by atoms with E-state index in [0.29, 0.717) is 17.7 Å². The summed E-state index contributed by atoms with van der Waals surface area (Å²) in [5, 5.41) is 10.6. The number of non-ortho nitro benzene ring substituents is 1. The van der Waals surface area contributed by atoms with Crippen LogP contribution >= 0.6 is 10.7 Å². The molecule has 6 nitrogen and oxygen atoms in total. The van der Waals surface area contributed by atoms with Gasteiger partial charge in [-0.15, -0.1) is 0 Å². The summed E-state index contributed by atoms with van der Waals surface area (Å²) in [5.41, 5.74) is 0.619. The zero-order chi connectivity index (χ0) is 15.3. The van der Waals surface area contributed by atoms with Crippen LogP contribution in [0.1, 0.15) is 18.9 Å². The quantitative estimate of drug-likeness (QED) is 0.438. The number of benzene rings is 1. The monoisotopic (exact) mass is 321 g/mol. The molecule has 0 N–H and O–H groups in total. The van der Waals surface area contributed by atoms with Crippen molar-refractivity contribution in [3.63, 3.8) is 0 Å². The molecule has 0 spiro atoms. The van der Waals surface area contributed by atoms with Gasteiger partial charge in [-0.1, -0.05) is 6.92 Å². The summed E-state index contributed by atoms with van der Waals surface area (Å²) < 4.78 is 27.6. The molecule has 1 atom stereocenters. The van der Waals surface area contributed by atoms with E-state index in [-0.39, 0.29) is 24.0 Å². The van der Waals surface area contributed by atoms with Crippen molar-refractivity contribution in [3.05, 3.63) is 33.9 Å². The van der Waals surface area contributed by atoms with Crippen molar-refractivity contribution in [1.82, 2.24) is 0 Å². The second-order valence-electron chi connectivity index (χ2n) is 4.50. The molecule has 0 amide bonds. The Morgan fingerprint density at radius 2 is 2.10 bits per heavy atom. The molecule has 0 fully saturated rings. The topological polar surface area (TPSA) is 86.5 Å². The van der Waals surface area contributed by atoms with E-state index in [4.69, 9.17) is 15.4 Å². The molecule has 1 aromatic carbocycles. The standard InChI is InChI=1S/C12H16ClNO5S/c1-3-10(8-20(13,17)18)7-19-12-5-4-11(14(15)16)6-9(12)2/h4-6,10H,3,7-8H2,1-2H3. The molecule has 1 aromatic rings. The first-order valence-electron chi connectivity index (χ1n) is 6.03. The number of hydrogen-bond acceptors (Lipinski definition) is 5. The van der Waals surface area contributed by atoms with E-state index in [0.717, 1.165) is 0 Å². The second kappa shape index (κ2) is 6.90. The molecule has 0 radical (unpaired) electrons. The van der Waals surface area contributed by atoms with Crippen molar-refractivity contribution in [3.8, 4) is 5.75 Å². The molecule has 0 saturated carbocycles. The van der Waals surface area contributed by atoms with Gasteiger partial charge >= 0.3 is 0 Å². The number of hydrogen-bond donors (Lipinski definition) is 0. The lowest BCUT2D eigenvalue weighted by Gasteiger charge is -2.15. The minimum atomic E-state index is -3.56. The molecule has 1 unspecified atom stereocenters. The fraction of sp³-hybridized carbons (Fsp3) is 0.500. The van der Waals surface area contributed by atoms with E-state index in [1.54, 1.807) is 6.92 Å². The van der Waals surface area contributed by atoms with Gasteiger partial charge in [0.25, 0.3) is 5.69 Å². The first kappa shape index (κ1) is 16.7.